The van der Waals surface area contributed by atoms with Crippen LogP contribution in [-0.4, -0.2) is 0 Å². The fourth-order valence-electron chi connectivity index (χ4n) is 9.53. The number of rotatable bonds is 4. The molecule has 0 aromatic heterocycles. The molecule has 0 spiro atoms. The van der Waals surface area contributed by atoms with Crippen molar-refractivity contribution in [1.82, 2.24) is 0 Å². The molecule has 0 N–H and O–H groups in total. The first kappa shape index (κ1) is 37.8. The second-order valence-corrected chi connectivity index (χ2v) is 17.6. The minimum atomic E-state index is -0.0152. The monoisotopic (exact) mass is 806 g/mol. The third-order valence-corrected chi connectivity index (χ3v) is 12.8. The largest absolute Gasteiger partial charge is 0.309 e. The summed E-state index contributed by atoms with van der Waals surface area (Å²) in [5, 5.41) is 26.6. The Morgan fingerprint density at radius 2 is 0.841 bits per heavy atom. The van der Waals surface area contributed by atoms with Gasteiger partial charge in [0, 0.05) is 34.0 Å². The van der Waals surface area contributed by atoms with Crippen molar-refractivity contribution in [3.8, 4) is 34.4 Å². The number of anilines is 6. The van der Waals surface area contributed by atoms with E-state index in [1.54, 1.807) is 0 Å². The molecule has 0 atom stereocenters. The number of nitriles is 2. The smallest absolute Gasteiger partial charge is 0.0991 e. The van der Waals surface area contributed by atoms with Crippen LogP contribution in [0.25, 0.3) is 54.6 Å². The highest BCUT2D eigenvalue weighted by Crippen LogP contribution is 2.53. The average molecular weight is 807 g/mol. The number of benzene rings is 10. The molecule has 4 nitrogen and oxygen atoms in total. The van der Waals surface area contributed by atoms with Crippen molar-refractivity contribution in [2.24, 2.45) is 0 Å². The zero-order valence-corrected chi connectivity index (χ0v) is 35.4. The van der Waals surface area contributed by atoms with E-state index in [9.17, 15) is 10.5 Å². The normalized spacial score (nSPS) is 12.5. The lowest BCUT2D eigenvalue weighted by Crippen LogP contribution is -2.18. The van der Waals surface area contributed by atoms with Crippen LogP contribution in [0.4, 0.5) is 34.1 Å². The molecular formula is C59H42N4. The predicted octanol–water partition coefficient (Wildman–Crippen LogP) is 15.8. The van der Waals surface area contributed by atoms with Crippen LogP contribution < -0.4 is 9.80 Å². The first-order valence-corrected chi connectivity index (χ1v) is 21.5. The molecule has 1 heterocycles. The molecular weight excluding hydrogens is 765 g/mol. The van der Waals surface area contributed by atoms with Crippen molar-refractivity contribution in [3.05, 3.63) is 216 Å². The number of para-hydroxylation sites is 2. The summed E-state index contributed by atoms with van der Waals surface area (Å²) in [6, 6.07) is 72.0. The van der Waals surface area contributed by atoms with Crippen LogP contribution in [0.3, 0.4) is 0 Å². The van der Waals surface area contributed by atoms with Crippen LogP contribution in [0.15, 0.2) is 188 Å². The standard InChI is InChI=1S/C59H42N4/c1-59(2,3)48-31-46-26-28-51-55-35-56(52-29-27-47(32-48)57(46)58(51)52)63(50-12-8-5-9-13-50)54-34-43(41-20-16-39(37-61)17-21-41)23-25-45(54)30-44-24-22-42(40-18-14-38(36-60)15-19-40)33-53(44)62(55)49-10-6-4-7-11-49/h4-29,31-35H,30H2,1-3H3. The first-order valence-electron chi connectivity index (χ1n) is 21.5. The summed E-state index contributed by atoms with van der Waals surface area (Å²) < 4.78 is 0. The van der Waals surface area contributed by atoms with Crippen LogP contribution in [0.2, 0.25) is 0 Å². The lowest BCUT2D eigenvalue weighted by molar-refractivity contribution is 0.591. The Balaban J connectivity index is 1.29. The van der Waals surface area contributed by atoms with E-state index >= 15 is 0 Å². The van der Waals surface area contributed by atoms with E-state index in [0.717, 1.165) is 56.4 Å². The summed E-state index contributed by atoms with van der Waals surface area (Å²) in [5.41, 5.74) is 15.7. The number of fused-ring (bicyclic) bond motifs is 6. The van der Waals surface area contributed by atoms with Crippen LogP contribution >= 0.6 is 0 Å². The Hall–Kier alpha value is -8.18. The van der Waals surface area contributed by atoms with Gasteiger partial charge in [-0.15, -0.1) is 0 Å². The first-order chi connectivity index (χ1) is 30.7. The number of hydrogen-bond donors (Lipinski definition) is 0. The number of nitrogens with zero attached hydrogens (tertiary/aromatic N) is 4. The molecule has 0 aliphatic carbocycles. The second-order valence-electron chi connectivity index (χ2n) is 17.6. The van der Waals surface area contributed by atoms with E-state index in [4.69, 9.17) is 0 Å². The molecule has 0 unspecified atom stereocenters. The minimum Gasteiger partial charge on any atom is -0.309 e. The minimum absolute atomic E-state index is 0.0152. The van der Waals surface area contributed by atoms with Crippen LogP contribution in [0.5, 0.6) is 0 Å². The quantitative estimate of drug-likeness (QED) is 0.166. The lowest BCUT2D eigenvalue weighted by atomic mass is 9.83. The van der Waals surface area contributed by atoms with Gasteiger partial charge in [0.2, 0.25) is 0 Å². The summed E-state index contributed by atoms with van der Waals surface area (Å²) in [5.74, 6) is 0. The topological polar surface area (TPSA) is 54.1 Å². The Labute approximate surface area is 368 Å². The fraction of sp³-hybridized carbons (Fsp3) is 0.0847. The van der Waals surface area contributed by atoms with Gasteiger partial charge in [0.15, 0.2) is 0 Å². The van der Waals surface area contributed by atoms with Gasteiger partial charge in [0.25, 0.3) is 0 Å². The van der Waals surface area contributed by atoms with Crippen molar-refractivity contribution in [3.63, 3.8) is 0 Å². The van der Waals surface area contributed by atoms with Gasteiger partial charge in [-0.3, -0.25) is 0 Å². The molecule has 0 fully saturated rings. The third-order valence-electron chi connectivity index (χ3n) is 12.8. The summed E-state index contributed by atoms with van der Waals surface area (Å²) >= 11 is 0. The van der Waals surface area contributed by atoms with Crippen LogP contribution in [-0.2, 0) is 11.8 Å². The van der Waals surface area contributed by atoms with E-state index in [0.29, 0.717) is 17.5 Å². The molecule has 63 heavy (non-hydrogen) atoms. The van der Waals surface area contributed by atoms with Gasteiger partial charge in [-0.2, -0.15) is 10.5 Å². The van der Waals surface area contributed by atoms with E-state index in [1.807, 2.05) is 48.5 Å². The molecule has 10 aromatic carbocycles. The zero-order valence-electron chi connectivity index (χ0n) is 35.4. The van der Waals surface area contributed by atoms with Gasteiger partial charge in [-0.25, -0.2) is 0 Å². The average Bonchev–Trinajstić information content (AvgIpc) is 3.32. The third kappa shape index (κ3) is 6.44. The van der Waals surface area contributed by atoms with Gasteiger partial charge in [0.05, 0.1) is 46.0 Å². The van der Waals surface area contributed by atoms with Crippen molar-refractivity contribution in [1.29, 1.82) is 10.5 Å². The highest BCUT2D eigenvalue weighted by molar-refractivity contribution is 6.29. The van der Waals surface area contributed by atoms with Gasteiger partial charge in [-0.05, 0) is 127 Å². The summed E-state index contributed by atoms with van der Waals surface area (Å²) in [6.45, 7) is 6.87. The molecule has 298 valence electrons. The van der Waals surface area contributed by atoms with Crippen molar-refractivity contribution in [2.75, 3.05) is 9.80 Å². The van der Waals surface area contributed by atoms with Crippen LogP contribution in [0.1, 0.15) is 48.6 Å². The summed E-state index contributed by atoms with van der Waals surface area (Å²) in [4.78, 5) is 4.94. The maximum Gasteiger partial charge on any atom is 0.0991 e. The van der Waals surface area contributed by atoms with Gasteiger partial charge in [-0.1, -0.05) is 142 Å². The zero-order chi connectivity index (χ0) is 42.8. The Morgan fingerprint density at radius 3 is 1.25 bits per heavy atom. The Kier molecular flexibility index (Phi) is 8.86. The maximum atomic E-state index is 9.63. The lowest BCUT2D eigenvalue weighted by Gasteiger charge is -2.36. The SMILES string of the molecule is CC(C)(C)c1cc2ccc3c4cc(c5ccc(c1)c2c35)N(c1ccccc1)c1cc(-c2ccc(C#N)cc2)ccc1Cc1ccc(-c2ccc(C#N)cc2)cc1N4c1ccccc1. The predicted molar refractivity (Wildman–Crippen MR) is 261 cm³/mol. The molecule has 0 saturated carbocycles. The molecule has 11 rings (SSSR count). The molecule has 0 radical (unpaired) electrons. The Morgan fingerprint density at radius 1 is 0.413 bits per heavy atom. The highest BCUT2D eigenvalue weighted by atomic mass is 15.2. The highest BCUT2D eigenvalue weighted by Gasteiger charge is 2.29. The van der Waals surface area contributed by atoms with E-state index in [1.165, 1.54) is 49.0 Å². The molecule has 10 aromatic rings. The van der Waals surface area contributed by atoms with Gasteiger partial charge in [0.1, 0.15) is 0 Å². The fourth-order valence-corrected chi connectivity index (χ4v) is 9.53. The van der Waals surface area contributed by atoms with Crippen molar-refractivity contribution >= 4 is 66.4 Å². The Bertz CT molecular complexity index is 3240. The molecule has 0 saturated heterocycles. The van der Waals surface area contributed by atoms with Crippen LogP contribution in [0, 0.1) is 22.7 Å². The molecule has 2 bridgehead atoms. The molecule has 0 amide bonds. The van der Waals surface area contributed by atoms with Crippen molar-refractivity contribution in [2.45, 2.75) is 32.6 Å². The number of hydrogen-bond acceptors (Lipinski definition) is 4. The molecule has 1 aliphatic heterocycles. The molecule has 1 aliphatic rings. The van der Waals surface area contributed by atoms with E-state index in [2.05, 4.69) is 182 Å². The van der Waals surface area contributed by atoms with E-state index < -0.39 is 0 Å². The molecule has 4 heteroatoms. The maximum absolute atomic E-state index is 9.63. The van der Waals surface area contributed by atoms with Gasteiger partial charge >= 0.3 is 0 Å². The second kappa shape index (κ2) is 14.8. The van der Waals surface area contributed by atoms with Gasteiger partial charge < -0.3 is 9.80 Å². The van der Waals surface area contributed by atoms with E-state index in [-0.39, 0.29) is 5.41 Å². The summed E-state index contributed by atoms with van der Waals surface area (Å²) in [6.07, 6.45) is 0.661. The summed E-state index contributed by atoms with van der Waals surface area (Å²) in [7, 11) is 0. The van der Waals surface area contributed by atoms with Crippen molar-refractivity contribution < 1.29 is 0 Å².